The molecular weight excluding hydrogens is 256 g/mol. The Morgan fingerprint density at radius 1 is 0.737 bits per heavy atom. The molecule has 19 heavy (non-hydrogen) atoms. The zero-order valence-corrected chi connectivity index (χ0v) is 10.1. The van der Waals surface area contributed by atoms with Crippen LogP contribution in [-0.4, -0.2) is 0 Å². The topological polar surface area (TPSA) is 0 Å². The van der Waals surface area contributed by atoms with E-state index in [4.69, 9.17) is 0 Å². The minimum Gasteiger partial charge on any atom is -0.204 e. The third-order valence-corrected chi connectivity index (χ3v) is 2.94. The summed E-state index contributed by atoms with van der Waals surface area (Å²) < 4.78 is 52.8. The Morgan fingerprint density at radius 2 is 1.32 bits per heavy atom. The molecule has 2 aromatic carbocycles. The van der Waals surface area contributed by atoms with Crippen molar-refractivity contribution in [1.29, 1.82) is 0 Å². The van der Waals surface area contributed by atoms with E-state index in [2.05, 4.69) is 0 Å². The van der Waals surface area contributed by atoms with Crippen LogP contribution in [0, 0.1) is 23.3 Å². The molecule has 0 nitrogen and oxygen atoms in total. The van der Waals surface area contributed by atoms with Gasteiger partial charge in [-0.05, 0) is 24.8 Å². The van der Waals surface area contributed by atoms with E-state index in [1.807, 2.05) is 30.3 Å². The van der Waals surface area contributed by atoms with Crippen molar-refractivity contribution in [2.75, 3.05) is 0 Å². The minimum atomic E-state index is -1.35. The molecule has 100 valence electrons. The van der Waals surface area contributed by atoms with E-state index in [9.17, 15) is 17.6 Å². The van der Waals surface area contributed by atoms with Crippen LogP contribution in [0.25, 0.3) is 0 Å². The first-order chi connectivity index (χ1) is 9.09. The summed E-state index contributed by atoms with van der Waals surface area (Å²) in [4.78, 5) is 0. The zero-order valence-electron chi connectivity index (χ0n) is 10.1. The molecule has 0 heterocycles. The lowest BCUT2D eigenvalue weighted by Gasteiger charge is -2.07. The third kappa shape index (κ3) is 3.13. The molecule has 2 rings (SSSR count). The maximum atomic E-state index is 13.4. The molecule has 2 aromatic rings. The monoisotopic (exact) mass is 268 g/mol. The molecule has 0 saturated heterocycles. The molecule has 0 amide bonds. The molecule has 0 aromatic heterocycles. The Bertz CT molecular complexity index is 538. The first-order valence-corrected chi connectivity index (χ1v) is 5.95. The first-order valence-electron chi connectivity index (χ1n) is 5.95. The van der Waals surface area contributed by atoms with E-state index >= 15 is 0 Å². The van der Waals surface area contributed by atoms with Gasteiger partial charge in [0.25, 0.3) is 0 Å². The molecule has 4 heteroatoms. The molecule has 0 radical (unpaired) electrons. The van der Waals surface area contributed by atoms with Crippen molar-refractivity contribution in [2.45, 2.75) is 19.3 Å². The molecule has 0 bridgehead atoms. The number of benzene rings is 2. The summed E-state index contributed by atoms with van der Waals surface area (Å²) in [6.45, 7) is 0. The van der Waals surface area contributed by atoms with Gasteiger partial charge >= 0.3 is 0 Å². The highest BCUT2D eigenvalue weighted by molar-refractivity contribution is 5.23. The molecule has 0 atom stereocenters. The van der Waals surface area contributed by atoms with Crippen molar-refractivity contribution in [2.24, 2.45) is 0 Å². The average Bonchev–Trinajstić information content (AvgIpc) is 2.42. The Hall–Kier alpha value is -1.84. The quantitative estimate of drug-likeness (QED) is 0.569. The lowest BCUT2D eigenvalue weighted by Crippen LogP contribution is -2.03. The summed E-state index contributed by atoms with van der Waals surface area (Å²) in [6, 6.07) is 9.59. The molecule has 0 spiro atoms. The number of halogens is 4. The highest BCUT2D eigenvalue weighted by Gasteiger charge is 2.18. The van der Waals surface area contributed by atoms with Gasteiger partial charge in [0.1, 0.15) is 0 Å². The van der Waals surface area contributed by atoms with Gasteiger partial charge in [-0.15, -0.1) is 0 Å². The largest absolute Gasteiger partial charge is 0.204 e. The van der Waals surface area contributed by atoms with Crippen LogP contribution in [0.5, 0.6) is 0 Å². The predicted molar refractivity (Wildman–Crippen MR) is 64.7 cm³/mol. The van der Waals surface area contributed by atoms with Gasteiger partial charge in [-0.25, -0.2) is 17.6 Å². The molecule has 0 aliphatic rings. The van der Waals surface area contributed by atoms with Crippen molar-refractivity contribution in [3.8, 4) is 0 Å². The summed E-state index contributed by atoms with van der Waals surface area (Å²) in [5, 5.41) is 0. The number of hydrogen-bond donors (Lipinski definition) is 0. The van der Waals surface area contributed by atoms with Gasteiger partial charge < -0.3 is 0 Å². The van der Waals surface area contributed by atoms with Crippen molar-refractivity contribution in [3.63, 3.8) is 0 Å². The standard InChI is InChI=1S/C15H12F4/c16-12-9-13(17)15(19)11(14(12)18)8-4-7-10-5-2-1-3-6-10/h1-3,5-6,9H,4,7-8H2. The van der Waals surface area contributed by atoms with Crippen molar-refractivity contribution >= 4 is 0 Å². The van der Waals surface area contributed by atoms with Gasteiger partial charge in [-0.1, -0.05) is 30.3 Å². The van der Waals surface area contributed by atoms with E-state index in [1.54, 1.807) is 0 Å². The first kappa shape index (κ1) is 13.6. The summed E-state index contributed by atoms with van der Waals surface area (Å²) in [6.07, 6.45) is 0.972. The fraction of sp³-hybridized carbons (Fsp3) is 0.200. The van der Waals surface area contributed by atoms with E-state index in [0.717, 1.165) is 5.56 Å². The molecule has 0 fully saturated rings. The third-order valence-electron chi connectivity index (χ3n) is 2.94. The lowest BCUT2D eigenvalue weighted by atomic mass is 10.0. The van der Waals surface area contributed by atoms with Crippen LogP contribution in [-0.2, 0) is 12.8 Å². The van der Waals surface area contributed by atoms with Crippen LogP contribution in [0.15, 0.2) is 36.4 Å². The van der Waals surface area contributed by atoms with Gasteiger partial charge in [-0.2, -0.15) is 0 Å². The van der Waals surface area contributed by atoms with Gasteiger partial charge in [0.05, 0.1) is 0 Å². The van der Waals surface area contributed by atoms with Gasteiger partial charge in [-0.3, -0.25) is 0 Å². The van der Waals surface area contributed by atoms with Gasteiger partial charge in [0.2, 0.25) is 0 Å². The normalized spacial score (nSPS) is 10.7. The van der Waals surface area contributed by atoms with Gasteiger partial charge in [0.15, 0.2) is 23.3 Å². The fourth-order valence-corrected chi connectivity index (χ4v) is 1.96. The second-order valence-electron chi connectivity index (χ2n) is 4.29. The summed E-state index contributed by atoms with van der Waals surface area (Å²) in [7, 11) is 0. The lowest BCUT2D eigenvalue weighted by molar-refractivity contribution is 0.437. The maximum absolute atomic E-state index is 13.4. The maximum Gasteiger partial charge on any atom is 0.165 e. The van der Waals surface area contributed by atoms with Crippen molar-refractivity contribution in [1.82, 2.24) is 0 Å². The molecule has 0 aliphatic carbocycles. The fourth-order valence-electron chi connectivity index (χ4n) is 1.96. The molecule has 0 saturated carbocycles. The predicted octanol–water partition coefficient (Wildman–Crippen LogP) is 4.42. The zero-order chi connectivity index (χ0) is 13.8. The molecular formula is C15H12F4. The molecule has 0 aliphatic heterocycles. The van der Waals surface area contributed by atoms with Crippen LogP contribution in [0.1, 0.15) is 17.5 Å². The summed E-state index contributed by atoms with van der Waals surface area (Å²) in [5.41, 5.74) is 0.494. The second-order valence-corrected chi connectivity index (χ2v) is 4.29. The Balaban J connectivity index is 2.08. The molecule has 0 unspecified atom stereocenters. The van der Waals surface area contributed by atoms with Crippen LogP contribution in [0.4, 0.5) is 17.6 Å². The van der Waals surface area contributed by atoms with Gasteiger partial charge in [0, 0.05) is 11.6 Å². The summed E-state index contributed by atoms with van der Waals surface area (Å²) in [5.74, 6) is -5.30. The highest BCUT2D eigenvalue weighted by atomic mass is 19.2. The van der Waals surface area contributed by atoms with E-state index in [0.29, 0.717) is 12.8 Å². The Labute approximate surface area is 108 Å². The van der Waals surface area contributed by atoms with Crippen LogP contribution in [0.2, 0.25) is 0 Å². The van der Waals surface area contributed by atoms with Crippen molar-refractivity contribution < 1.29 is 17.6 Å². The average molecular weight is 268 g/mol. The van der Waals surface area contributed by atoms with Crippen LogP contribution >= 0.6 is 0 Å². The van der Waals surface area contributed by atoms with E-state index < -0.39 is 28.8 Å². The molecule has 0 N–H and O–H groups in total. The Kier molecular flexibility index (Phi) is 4.20. The van der Waals surface area contributed by atoms with Crippen molar-refractivity contribution in [3.05, 3.63) is 70.8 Å². The van der Waals surface area contributed by atoms with E-state index in [1.165, 1.54) is 0 Å². The highest BCUT2D eigenvalue weighted by Crippen LogP contribution is 2.21. The summed E-state index contributed by atoms with van der Waals surface area (Å²) >= 11 is 0. The van der Waals surface area contributed by atoms with Crippen LogP contribution in [0.3, 0.4) is 0 Å². The van der Waals surface area contributed by atoms with E-state index in [-0.39, 0.29) is 12.5 Å². The minimum absolute atomic E-state index is 0.0404. The number of aryl methyl sites for hydroxylation is 1. The SMILES string of the molecule is Fc1cc(F)c(F)c(CCCc2ccccc2)c1F. The smallest absolute Gasteiger partial charge is 0.165 e. The second kappa shape index (κ2) is 5.87. The number of hydrogen-bond acceptors (Lipinski definition) is 0. The number of rotatable bonds is 4. The van der Waals surface area contributed by atoms with Crippen LogP contribution < -0.4 is 0 Å². The Morgan fingerprint density at radius 3 is 1.89 bits per heavy atom.